The van der Waals surface area contributed by atoms with E-state index in [4.69, 9.17) is 23.2 Å². The van der Waals surface area contributed by atoms with E-state index in [1.165, 1.54) is 0 Å². The number of amides is 1. The maximum Gasteiger partial charge on any atom is 0.257 e. The first-order valence-electron chi connectivity index (χ1n) is 5.98. The number of anilines is 1. The quantitative estimate of drug-likeness (QED) is 0.692. The third kappa shape index (κ3) is 3.54. The molecule has 1 unspecified atom stereocenters. The van der Waals surface area contributed by atoms with Gasteiger partial charge in [0.25, 0.3) is 5.91 Å². The van der Waals surface area contributed by atoms with E-state index >= 15 is 0 Å². The minimum Gasteiger partial charge on any atom is -0.322 e. The third-order valence-electron chi connectivity index (χ3n) is 2.81. The van der Waals surface area contributed by atoms with Gasteiger partial charge in [0.15, 0.2) is 0 Å². The molecule has 0 fully saturated rings. The van der Waals surface area contributed by atoms with Crippen molar-refractivity contribution in [3.63, 3.8) is 0 Å². The zero-order chi connectivity index (χ0) is 14.7. The van der Waals surface area contributed by atoms with E-state index in [1.807, 2.05) is 31.2 Å². The smallest absolute Gasteiger partial charge is 0.257 e. The molecule has 2 nitrogen and oxygen atoms in total. The highest BCUT2D eigenvalue weighted by Gasteiger charge is 2.14. The second kappa shape index (κ2) is 6.61. The lowest BCUT2D eigenvalue weighted by Crippen LogP contribution is -2.14. The molecule has 2 aromatic rings. The molecule has 0 heterocycles. The number of hydrogen-bond donors (Lipinski definition) is 1. The van der Waals surface area contributed by atoms with Crippen molar-refractivity contribution in [2.45, 2.75) is 12.3 Å². The molecule has 1 atom stereocenters. The Morgan fingerprint density at radius 2 is 1.95 bits per heavy atom. The Hall–Kier alpha value is -1.03. The molecule has 2 aromatic carbocycles. The molecule has 0 radical (unpaired) electrons. The predicted molar refractivity (Wildman–Crippen MR) is 87.8 cm³/mol. The van der Waals surface area contributed by atoms with E-state index in [2.05, 4.69) is 21.2 Å². The van der Waals surface area contributed by atoms with Crippen molar-refractivity contribution in [2.24, 2.45) is 0 Å². The molecular weight excluding hydrogens is 361 g/mol. The van der Waals surface area contributed by atoms with Crippen LogP contribution in [0.5, 0.6) is 0 Å². The maximum atomic E-state index is 12.3. The number of alkyl halides is 1. The fraction of sp³-hybridized carbons (Fsp3) is 0.133. The first kappa shape index (κ1) is 15.4. The lowest BCUT2D eigenvalue weighted by atomic mass is 10.1. The molecule has 0 aromatic heterocycles. The summed E-state index contributed by atoms with van der Waals surface area (Å²) in [4.78, 5) is 12.3. The van der Waals surface area contributed by atoms with Crippen molar-refractivity contribution >= 4 is 50.7 Å². The minimum atomic E-state index is -0.257. The Bertz CT molecular complexity index is 644. The van der Waals surface area contributed by atoms with E-state index in [0.717, 1.165) is 10.0 Å². The number of halogens is 3. The van der Waals surface area contributed by atoms with Gasteiger partial charge in [-0.25, -0.2) is 0 Å². The van der Waals surface area contributed by atoms with Crippen molar-refractivity contribution in [3.8, 4) is 0 Å². The van der Waals surface area contributed by atoms with Crippen molar-refractivity contribution in [1.29, 1.82) is 0 Å². The van der Waals surface area contributed by atoms with Crippen LogP contribution in [0.3, 0.4) is 0 Å². The van der Waals surface area contributed by atoms with E-state index < -0.39 is 0 Å². The lowest BCUT2D eigenvalue weighted by Gasteiger charge is -2.13. The molecule has 0 saturated carbocycles. The SMILES string of the molecule is CC(Cl)c1ccccc1NC(=O)c1ccc(Br)cc1Cl. The summed E-state index contributed by atoms with van der Waals surface area (Å²) in [5.74, 6) is -0.257. The molecular formula is C15H12BrCl2NO. The molecule has 104 valence electrons. The normalized spacial score (nSPS) is 12.0. The van der Waals surface area contributed by atoms with Gasteiger partial charge in [-0.15, -0.1) is 11.6 Å². The summed E-state index contributed by atoms with van der Waals surface area (Å²) in [5.41, 5.74) is 1.99. The summed E-state index contributed by atoms with van der Waals surface area (Å²) in [6.45, 7) is 1.86. The monoisotopic (exact) mass is 371 g/mol. The third-order valence-corrected chi connectivity index (χ3v) is 3.85. The molecule has 20 heavy (non-hydrogen) atoms. The highest BCUT2D eigenvalue weighted by Crippen LogP contribution is 2.28. The number of nitrogens with one attached hydrogen (secondary N) is 1. The Labute approximate surface area is 136 Å². The molecule has 1 N–H and O–H groups in total. The van der Waals surface area contributed by atoms with Gasteiger partial charge in [-0.3, -0.25) is 4.79 Å². The largest absolute Gasteiger partial charge is 0.322 e. The lowest BCUT2D eigenvalue weighted by molar-refractivity contribution is 0.102. The van der Waals surface area contributed by atoms with Crippen LogP contribution in [0.15, 0.2) is 46.9 Å². The predicted octanol–water partition coefficient (Wildman–Crippen LogP) is 5.65. The van der Waals surface area contributed by atoms with Gasteiger partial charge in [0.05, 0.1) is 16.0 Å². The van der Waals surface area contributed by atoms with Crippen molar-refractivity contribution < 1.29 is 4.79 Å². The van der Waals surface area contributed by atoms with Gasteiger partial charge in [0, 0.05) is 10.2 Å². The van der Waals surface area contributed by atoms with Crippen LogP contribution >= 0.6 is 39.1 Å². The van der Waals surface area contributed by atoms with Gasteiger partial charge < -0.3 is 5.32 Å². The molecule has 2 rings (SSSR count). The molecule has 0 saturated heterocycles. The van der Waals surface area contributed by atoms with Gasteiger partial charge in [-0.1, -0.05) is 45.7 Å². The average molecular weight is 373 g/mol. The molecule has 0 aliphatic carbocycles. The van der Waals surface area contributed by atoms with Gasteiger partial charge in [0.2, 0.25) is 0 Å². The second-order valence-electron chi connectivity index (χ2n) is 4.28. The van der Waals surface area contributed by atoms with E-state index in [-0.39, 0.29) is 11.3 Å². The van der Waals surface area contributed by atoms with Gasteiger partial charge in [0.1, 0.15) is 0 Å². The molecule has 0 aliphatic heterocycles. The number of carbonyl (C=O) groups is 1. The van der Waals surface area contributed by atoms with Crippen LogP contribution in [-0.2, 0) is 0 Å². The Morgan fingerprint density at radius 3 is 2.60 bits per heavy atom. The highest BCUT2D eigenvalue weighted by molar-refractivity contribution is 9.10. The molecule has 0 aliphatic rings. The van der Waals surface area contributed by atoms with Crippen LogP contribution in [0.4, 0.5) is 5.69 Å². The number of benzene rings is 2. The minimum absolute atomic E-state index is 0.188. The van der Waals surface area contributed by atoms with E-state index in [9.17, 15) is 4.79 Å². The number of rotatable bonds is 3. The van der Waals surface area contributed by atoms with E-state index in [0.29, 0.717) is 16.3 Å². The summed E-state index contributed by atoms with van der Waals surface area (Å²) in [6.07, 6.45) is 0. The van der Waals surface area contributed by atoms with Crippen LogP contribution in [0.2, 0.25) is 5.02 Å². The Balaban J connectivity index is 2.28. The fourth-order valence-electron chi connectivity index (χ4n) is 1.82. The second-order valence-corrected chi connectivity index (χ2v) is 6.26. The maximum absolute atomic E-state index is 12.3. The molecule has 0 spiro atoms. The summed E-state index contributed by atoms with van der Waals surface area (Å²) >= 11 is 15.5. The topological polar surface area (TPSA) is 29.1 Å². The first-order valence-corrected chi connectivity index (χ1v) is 7.59. The summed E-state index contributed by atoms with van der Waals surface area (Å²) < 4.78 is 0.828. The number of hydrogen-bond acceptors (Lipinski definition) is 1. The van der Waals surface area contributed by atoms with Gasteiger partial charge >= 0.3 is 0 Å². The first-order chi connectivity index (χ1) is 9.49. The van der Waals surface area contributed by atoms with Crippen LogP contribution in [0.1, 0.15) is 28.2 Å². The summed E-state index contributed by atoms with van der Waals surface area (Å²) in [6, 6.07) is 12.6. The molecule has 0 bridgehead atoms. The zero-order valence-electron chi connectivity index (χ0n) is 10.7. The highest BCUT2D eigenvalue weighted by atomic mass is 79.9. The standard InChI is InChI=1S/C15H12BrCl2NO/c1-9(17)11-4-2-3-5-14(11)19-15(20)12-7-6-10(16)8-13(12)18/h2-9H,1H3,(H,19,20). The Morgan fingerprint density at radius 1 is 1.25 bits per heavy atom. The average Bonchev–Trinajstić information content (AvgIpc) is 2.38. The van der Waals surface area contributed by atoms with Gasteiger partial charge in [-0.05, 0) is 36.8 Å². The number of para-hydroxylation sites is 1. The fourth-order valence-corrected chi connectivity index (χ4v) is 2.77. The van der Waals surface area contributed by atoms with E-state index in [1.54, 1.807) is 18.2 Å². The van der Waals surface area contributed by atoms with Crippen LogP contribution in [0.25, 0.3) is 0 Å². The van der Waals surface area contributed by atoms with Crippen molar-refractivity contribution in [3.05, 3.63) is 63.1 Å². The van der Waals surface area contributed by atoms with Crippen LogP contribution in [0, 0.1) is 0 Å². The Kier molecular flexibility index (Phi) is 5.08. The molecule has 1 amide bonds. The van der Waals surface area contributed by atoms with Crippen LogP contribution in [-0.4, -0.2) is 5.91 Å². The number of carbonyl (C=O) groups excluding carboxylic acids is 1. The van der Waals surface area contributed by atoms with Crippen molar-refractivity contribution in [2.75, 3.05) is 5.32 Å². The molecule has 5 heteroatoms. The van der Waals surface area contributed by atoms with Gasteiger partial charge in [-0.2, -0.15) is 0 Å². The summed E-state index contributed by atoms with van der Waals surface area (Å²) in [5, 5.41) is 3.05. The zero-order valence-corrected chi connectivity index (χ0v) is 13.8. The van der Waals surface area contributed by atoms with Crippen molar-refractivity contribution in [1.82, 2.24) is 0 Å². The van der Waals surface area contributed by atoms with Crippen LogP contribution < -0.4 is 5.32 Å². The summed E-state index contributed by atoms with van der Waals surface area (Å²) in [7, 11) is 0.